The van der Waals surface area contributed by atoms with Crippen LogP contribution >= 0.6 is 11.6 Å². The summed E-state index contributed by atoms with van der Waals surface area (Å²) in [4.78, 5) is 7.65. The molecular formula is C14H11ClN2. The van der Waals surface area contributed by atoms with E-state index in [-0.39, 0.29) is 0 Å². The van der Waals surface area contributed by atoms with Crippen LogP contribution in [0.3, 0.4) is 0 Å². The van der Waals surface area contributed by atoms with Crippen molar-refractivity contribution in [1.29, 1.82) is 0 Å². The van der Waals surface area contributed by atoms with Crippen LogP contribution in [0.2, 0.25) is 5.02 Å². The van der Waals surface area contributed by atoms with Crippen LogP contribution < -0.4 is 0 Å². The lowest BCUT2D eigenvalue weighted by atomic mass is 10.1. The van der Waals surface area contributed by atoms with Crippen molar-refractivity contribution < 1.29 is 0 Å². The van der Waals surface area contributed by atoms with Crippen LogP contribution in [0.1, 0.15) is 11.3 Å². The maximum absolute atomic E-state index is 6.14. The first-order chi connectivity index (χ1) is 8.33. The molecule has 0 aliphatic heterocycles. The van der Waals surface area contributed by atoms with E-state index >= 15 is 0 Å². The summed E-state index contributed by atoms with van der Waals surface area (Å²) >= 11 is 6.14. The summed E-state index contributed by atoms with van der Waals surface area (Å²) in [6, 6.07) is 13.9. The van der Waals surface area contributed by atoms with E-state index < -0.39 is 0 Å². The number of rotatable bonds is 2. The fraction of sp³-hybridized carbons (Fsp3) is 0.0714. The molecule has 2 nitrogen and oxygen atoms in total. The Morgan fingerprint density at radius 2 is 2.00 bits per heavy atom. The van der Waals surface area contributed by atoms with Crippen LogP contribution in [-0.2, 0) is 6.42 Å². The summed E-state index contributed by atoms with van der Waals surface area (Å²) in [6.07, 6.45) is 2.60. The molecule has 0 unspecified atom stereocenters. The third kappa shape index (κ3) is 2.04. The summed E-state index contributed by atoms with van der Waals surface area (Å²) in [5, 5.41) is 0.805. The molecule has 3 aromatic rings. The molecule has 0 radical (unpaired) electrons. The predicted molar refractivity (Wildman–Crippen MR) is 70.4 cm³/mol. The number of hydrogen-bond donors (Lipinski definition) is 1. The van der Waals surface area contributed by atoms with Crippen molar-refractivity contribution in [2.45, 2.75) is 6.42 Å². The monoisotopic (exact) mass is 242 g/mol. The van der Waals surface area contributed by atoms with Crippen molar-refractivity contribution in [1.82, 2.24) is 9.97 Å². The van der Waals surface area contributed by atoms with Crippen LogP contribution in [-0.4, -0.2) is 9.97 Å². The van der Waals surface area contributed by atoms with E-state index in [9.17, 15) is 0 Å². The number of benzene rings is 1. The highest BCUT2D eigenvalue weighted by Gasteiger charge is 2.04. The molecule has 0 amide bonds. The van der Waals surface area contributed by atoms with E-state index in [0.29, 0.717) is 0 Å². The summed E-state index contributed by atoms with van der Waals surface area (Å²) in [6.45, 7) is 0. The number of nitrogens with one attached hydrogen (secondary N) is 1. The lowest BCUT2D eigenvalue weighted by Gasteiger charge is -2.01. The lowest BCUT2D eigenvalue weighted by Crippen LogP contribution is -1.88. The minimum absolute atomic E-state index is 0.802. The number of aromatic nitrogens is 2. The first kappa shape index (κ1) is 10.4. The smallest absolute Gasteiger partial charge is 0.0881 e. The predicted octanol–water partition coefficient (Wildman–Crippen LogP) is 3.81. The molecule has 2 aromatic heterocycles. The summed E-state index contributed by atoms with van der Waals surface area (Å²) in [7, 11) is 0. The van der Waals surface area contributed by atoms with Gasteiger partial charge >= 0.3 is 0 Å². The van der Waals surface area contributed by atoms with Gasteiger partial charge in [0.2, 0.25) is 0 Å². The minimum Gasteiger partial charge on any atom is -0.357 e. The Labute approximate surface area is 104 Å². The first-order valence-electron chi connectivity index (χ1n) is 5.49. The number of pyridine rings is 1. The fourth-order valence-corrected chi connectivity index (χ4v) is 2.16. The number of halogens is 1. The molecule has 3 heteroatoms. The number of fused-ring (bicyclic) bond motifs is 1. The largest absolute Gasteiger partial charge is 0.357 e. The van der Waals surface area contributed by atoms with Gasteiger partial charge in [0.05, 0.1) is 11.0 Å². The van der Waals surface area contributed by atoms with Gasteiger partial charge in [0.1, 0.15) is 0 Å². The Morgan fingerprint density at radius 3 is 2.82 bits per heavy atom. The summed E-state index contributed by atoms with van der Waals surface area (Å²) in [5.41, 5.74) is 4.32. The van der Waals surface area contributed by atoms with Crippen LogP contribution in [0, 0.1) is 0 Å². The normalized spacial score (nSPS) is 10.9. The molecule has 0 spiro atoms. The Balaban J connectivity index is 1.98. The molecular weight excluding hydrogens is 232 g/mol. The number of H-pyrrole nitrogens is 1. The van der Waals surface area contributed by atoms with Crippen LogP contribution in [0.4, 0.5) is 0 Å². The average Bonchev–Trinajstić information content (AvgIpc) is 2.74. The molecule has 0 saturated heterocycles. The van der Waals surface area contributed by atoms with Crippen LogP contribution in [0.15, 0.2) is 48.7 Å². The van der Waals surface area contributed by atoms with Gasteiger partial charge in [-0.25, -0.2) is 0 Å². The van der Waals surface area contributed by atoms with E-state index in [1.165, 1.54) is 0 Å². The number of hydrogen-bond acceptors (Lipinski definition) is 1. The third-order valence-corrected chi connectivity index (χ3v) is 3.15. The van der Waals surface area contributed by atoms with Crippen LogP contribution in [0.25, 0.3) is 11.0 Å². The quantitative estimate of drug-likeness (QED) is 0.727. The minimum atomic E-state index is 0.802. The van der Waals surface area contributed by atoms with Gasteiger partial charge in [-0.3, -0.25) is 4.98 Å². The molecule has 3 rings (SSSR count). The van der Waals surface area contributed by atoms with Gasteiger partial charge in [-0.1, -0.05) is 29.8 Å². The SMILES string of the molecule is Clc1ccccc1Cc1cc2ncccc2[nH]1. The van der Waals surface area contributed by atoms with Crippen LogP contribution in [0.5, 0.6) is 0 Å². The van der Waals surface area contributed by atoms with Crippen molar-refractivity contribution in [2.75, 3.05) is 0 Å². The molecule has 0 atom stereocenters. The zero-order valence-electron chi connectivity index (χ0n) is 9.15. The molecule has 1 N–H and O–H groups in total. The summed E-state index contributed by atoms with van der Waals surface area (Å²) < 4.78 is 0. The van der Waals surface area contributed by atoms with Gasteiger partial charge in [0.15, 0.2) is 0 Å². The van der Waals surface area contributed by atoms with Crippen molar-refractivity contribution in [2.24, 2.45) is 0 Å². The Hall–Kier alpha value is -1.80. The fourth-order valence-electron chi connectivity index (χ4n) is 1.95. The highest BCUT2D eigenvalue weighted by Crippen LogP contribution is 2.20. The molecule has 0 aliphatic carbocycles. The number of nitrogens with zero attached hydrogens (tertiary/aromatic N) is 1. The second kappa shape index (κ2) is 4.22. The zero-order valence-corrected chi connectivity index (χ0v) is 9.91. The van der Waals surface area contributed by atoms with Gasteiger partial charge in [0, 0.05) is 23.3 Å². The highest BCUT2D eigenvalue weighted by molar-refractivity contribution is 6.31. The van der Waals surface area contributed by atoms with E-state index in [1.54, 1.807) is 6.20 Å². The molecule has 84 valence electrons. The Bertz CT molecular complexity index is 625. The summed E-state index contributed by atoms with van der Waals surface area (Å²) in [5.74, 6) is 0. The zero-order chi connectivity index (χ0) is 11.7. The maximum atomic E-state index is 6.14. The standard InChI is InChI=1S/C14H11ClN2/c15-12-5-2-1-4-10(12)8-11-9-14-13(17-11)6-3-7-16-14/h1-7,9,17H,8H2. The second-order valence-corrected chi connectivity index (χ2v) is 4.41. The number of aromatic amines is 1. The van der Waals surface area contributed by atoms with E-state index in [2.05, 4.69) is 16.0 Å². The van der Waals surface area contributed by atoms with E-state index in [4.69, 9.17) is 11.6 Å². The second-order valence-electron chi connectivity index (χ2n) is 4.00. The van der Waals surface area contributed by atoms with Gasteiger partial charge in [-0.15, -0.1) is 0 Å². The molecule has 1 aromatic carbocycles. The molecule has 0 fully saturated rings. The van der Waals surface area contributed by atoms with Crippen molar-refractivity contribution >= 4 is 22.6 Å². The van der Waals surface area contributed by atoms with E-state index in [0.717, 1.165) is 33.7 Å². The van der Waals surface area contributed by atoms with Crippen molar-refractivity contribution in [3.05, 3.63) is 64.9 Å². The van der Waals surface area contributed by atoms with Crippen molar-refractivity contribution in [3.8, 4) is 0 Å². The maximum Gasteiger partial charge on any atom is 0.0881 e. The Kier molecular flexibility index (Phi) is 2.57. The third-order valence-electron chi connectivity index (χ3n) is 2.78. The van der Waals surface area contributed by atoms with Crippen molar-refractivity contribution in [3.63, 3.8) is 0 Å². The topological polar surface area (TPSA) is 28.7 Å². The first-order valence-corrected chi connectivity index (χ1v) is 5.87. The molecule has 2 heterocycles. The molecule has 0 bridgehead atoms. The molecule has 0 aliphatic rings. The Morgan fingerprint density at radius 1 is 1.12 bits per heavy atom. The average molecular weight is 243 g/mol. The highest BCUT2D eigenvalue weighted by atomic mass is 35.5. The van der Waals surface area contributed by atoms with E-state index in [1.807, 2.05) is 36.4 Å². The lowest BCUT2D eigenvalue weighted by molar-refractivity contribution is 1.12. The van der Waals surface area contributed by atoms with Gasteiger partial charge in [-0.05, 0) is 29.8 Å². The molecule has 0 saturated carbocycles. The van der Waals surface area contributed by atoms with Gasteiger partial charge in [0.25, 0.3) is 0 Å². The van der Waals surface area contributed by atoms with Gasteiger partial charge < -0.3 is 4.98 Å². The van der Waals surface area contributed by atoms with Gasteiger partial charge in [-0.2, -0.15) is 0 Å². The molecule has 17 heavy (non-hydrogen) atoms.